The Bertz CT molecular complexity index is 107. The number of rotatable bonds is 13. The Hall–Kier alpha value is 0.920. The van der Waals surface area contributed by atoms with E-state index in [0.29, 0.717) is 6.61 Å². The predicted octanol–water partition coefficient (Wildman–Crippen LogP) is 4.23. The van der Waals surface area contributed by atoms with E-state index in [2.05, 4.69) is 6.92 Å². The summed E-state index contributed by atoms with van der Waals surface area (Å²) in [7, 11) is 0. The Balaban J connectivity index is 0. The van der Waals surface area contributed by atoms with Crippen LogP contribution in [0.5, 0.6) is 0 Å². The van der Waals surface area contributed by atoms with Gasteiger partial charge in [-0.15, -0.1) is 0 Å². The Labute approximate surface area is 130 Å². The fraction of sp³-hybridized carbons (Fsp3) is 1.00. The fourth-order valence-corrected chi connectivity index (χ4v) is 1.79. The van der Waals surface area contributed by atoms with Crippen molar-refractivity contribution in [3.8, 4) is 0 Å². The molecule has 0 atom stereocenters. The molecule has 0 saturated carbocycles. The molecule has 0 aliphatic heterocycles. The van der Waals surface area contributed by atoms with Gasteiger partial charge in [-0.25, -0.2) is 9.78 Å². The SMILES string of the molecule is CCCCCCCCCCCCOOCC.[NaH]. The van der Waals surface area contributed by atoms with Crippen molar-refractivity contribution in [1.29, 1.82) is 0 Å². The third-order valence-electron chi connectivity index (χ3n) is 2.78. The van der Waals surface area contributed by atoms with Crippen LogP contribution in [0, 0.1) is 0 Å². The molecule has 2 nitrogen and oxygen atoms in total. The topological polar surface area (TPSA) is 18.5 Å². The van der Waals surface area contributed by atoms with Gasteiger partial charge in [0.25, 0.3) is 0 Å². The first-order valence-corrected chi connectivity index (χ1v) is 7.16. The zero-order chi connectivity index (χ0) is 11.9. The Morgan fingerprint density at radius 2 is 1.06 bits per heavy atom. The van der Waals surface area contributed by atoms with Gasteiger partial charge in [-0.05, 0) is 13.3 Å². The summed E-state index contributed by atoms with van der Waals surface area (Å²) in [5, 5.41) is 0. The van der Waals surface area contributed by atoms with Crippen molar-refractivity contribution in [2.45, 2.75) is 78.1 Å². The van der Waals surface area contributed by atoms with Crippen LogP contribution >= 0.6 is 0 Å². The van der Waals surface area contributed by atoms with Crippen molar-refractivity contribution < 1.29 is 9.78 Å². The van der Waals surface area contributed by atoms with Crippen LogP contribution in [0.1, 0.15) is 78.1 Å². The fourth-order valence-electron chi connectivity index (χ4n) is 1.79. The van der Waals surface area contributed by atoms with Crippen LogP contribution in [0.2, 0.25) is 0 Å². The van der Waals surface area contributed by atoms with Gasteiger partial charge in [-0.3, -0.25) is 0 Å². The molecule has 0 radical (unpaired) electrons. The van der Waals surface area contributed by atoms with E-state index < -0.39 is 0 Å². The molecule has 0 rings (SSSR count). The van der Waals surface area contributed by atoms with Crippen LogP contribution < -0.4 is 0 Å². The first-order chi connectivity index (χ1) is 7.91. The van der Waals surface area contributed by atoms with Gasteiger partial charge in [0.1, 0.15) is 0 Å². The molecular formula is C14H31NaO2. The average Bonchev–Trinajstić information content (AvgIpc) is 2.31. The van der Waals surface area contributed by atoms with Gasteiger partial charge >= 0.3 is 29.6 Å². The monoisotopic (exact) mass is 254 g/mol. The molecule has 17 heavy (non-hydrogen) atoms. The van der Waals surface area contributed by atoms with E-state index in [0.717, 1.165) is 13.0 Å². The molecule has 0 aliphatic rings. The van der Waals surface area contributed by atoms with E-state index in [-0.39, 0.29) is 29.6 Å². The molecule has 0 bridgehead atoms. The summed E-state index contributed by atoms with van der Waals surface area (Å²) in [4.78, 5) is 9.77. The summed E-state index contributed by atoms with van der Waals surface area (Å²) in [6, 6.07) is 0. The van der Waals surface area contributed by atoms with Crippen LogP contribution in [0.3, 0.4) is 0 Å². The van der Waals surface area contributed by atoms with E-state index >= 15 is 0 Å². The molecule has 0 aromatic rings. The van der Waals surface area contributed by atoms with Gasteiger partial charge in [-0.2, -0.15) is 0 Å². The first-order valence-electron chi connectivity index (χ1n) is 7.16. The normalized spacial score (nSPS) is 10.2. The summed E-state index contributed by atoms with van der Waals surface area (Å²) in [6.45, 7) is 5.62. The van der Waals surface area contributed by atoms with Crippen LogP contribution in [-0.2, 0) is 9.78 Å². The van der Waals surface area contributed by atoms with E-state index in [4.69, 9.17) is 9.78 Å². The van der Waals surface area contributed by atoms with Gasteiger partial charge in [-0.1, -0.05) is 64.7 Å². The summed E-state index contributed by atoms with van der Waals surface area (Å²) in [5.41, 5.74) is 0. The maximum atomic E-state index is 4.95. The third kappa shape index (κ3) is 19.4. The van der Waals surface area contributed by atoms with E-state index in [1.165, 1.54) is 57.8 Å². The molecule has 0 aliphatic carbocycles. The second-order valence-corrected chi connectivity index (χ2v) is 4.41. The van der Waals surface area contributed by atoms with Gasteiger partial charge in [0.05, 0.1) is 13.2 Å². The molecule has 0 saturated heterocycles. The minimum absolute atomic E-state index is 0. The zero-order valence-electron chi connectivity index (χ0n) is 11.3. The summed E-state index contributed by atoms with van der Waals surface area (Å²) < 4.78 is 0. The van der Waals surface area contributed by atoms with Crippen molar-refractivity contribution in [2.75, 3.05) is 13.2 Å². The summed E-state index contributed by atoms with van der Waals surface area (Å²) in [5.74, 6) is 0. The second-order valence-electron chi connectivity index (χ2n) is 4.41. The minimum atomic E-state index is 0. The van der Waals surface area contributed by atoms with Gasteiger partial charge in [0, 0.05) is 0 Å². The zero-order valence-corrected chi connectivity index (χ0v) is 11.3. The van der Waals surface area contributed by atoms with E-state index in [1.807, 2.05) is 6.92 Å². The first kappa shape index (κ1) is 20.2. The van der Waals surface area contributed by atoms with Crippen LogP contribution in [0.15, 0.2) is 0 Å². The second kappa shape index (κ2) is 19.3. The van der Waals surface area contributed by atoms with Gasteiger partial charge < -0.3 is 0 Å². The van der Waals surface area contributed by atoms with Gasteiger partial charge in [0.2, 0.25) is 0 Å². The molecule has 0 heterocycles. The van der Waals surface area contributed by atoms with Crippen molar-refractivity contribution >= 4 is 29.6 Å². The number of unbranched alkanes of at least 4 members (excludes halogenated alkanes) is 9. The Kier molecular flexibility index (Phi) is 22.9. The maximum absolute atomic E-state index is 4.95. The molecule has 0 aromatic carbocycles. The molecule has 0 spiro atoms. The molecule has 3 heteroatoms. The van der Waals surface area contributed by atoms with E-state index in [1.54, 1.807) is 0 Å². The van der Waals surface area contributed by atoms with Crippen LogP contribution in [0.25, 0.3) is 0 Å². The van der Waals surface area contributed by atoms with E-state index in [9.17, 15) is 0 Å². The third-order valence-corrected chi connectivity index (χ3v) is 2.78. The summed E-state index contributed by atoms with van der Waals surface area (Å²) >= 11 is 0. The summed E-state index contributed by atoms with van der Waals surface area (Å²) in [6.07, 6.45) is 13.6. The predicted molar refractivity (Wildman–Crippen MR) is 76.6 cm³/mol. The van der Waals surface area contributed by atoms with Crippen molar-refractivity contribution in [3.05, 3.63) is 0 Å². The average molecular weight is 254 g/mol. The van der Waals surface area contributed by atoms with Gasteiger partial charge in [0.15, 0.2) is 0 Å². The van der Waals surface area contributed by atoms with Crippen LogP contribution in [0.4, 0.5) is 0 Å². The number of hydrogen-bond acceptors (Lipinski definition) is 2. The molecule has 0 unspecified atom stereocenters. The van der Waals surface area contributed by atoms with Crippen LogP contribution in [-0.4, -0.2) is 42.8 Å². The Morgan fingerprint density at radius 3 is 1.53 bits per heavy atom. The quantitative estimate of drug-likeness (QED) is 0.212. The standard InChI is InChI=1S/C14H30O2.Na.H/c1-3-5-6-7-8-9-10-11-12-13-14-16-15-4-2;;/h3-14H2,1-2H3;;. The Morgan fingerprint density at radius 1 is 0.588 bits per heavy atom. The van der Waals surface area contributed by atoms with Crippen molar-refractivity contribution in [3.63, 3.8) is 0 Å². The molecule has 100 valence electrons. The molecular weight excluding hydrogens is 223 g/mol. The molecule has 0 N–H and O–H groups in total. The molecule has 0 fully saturated rings. The molecule has 0 aromatic heterocycles. The molecule has 0 amide bonds. The van der Waals surface area contributed by atoms with Crippen molar-refractivity contribution in [1.82, 2.24) is 0 Å². The number of hydrogen-bond donors (Lipinski definition) is 0. The van der Waals surface area contributed by atoms with Crippen molar-refractivity contribution in [2.24, 2.45) is 0 Å².